The first kappa shape index (κ1) is 36.7. The van der Waals surface area contributed by atoms with Gasteiger partial charge in [0.2, 0.25) is 0 Å². The van der Waals surface area contributed by atoms with Crippen molar-refractivity contribution in [2.24, 2.45) is 0 Å². The number of hydrogen-bond acceptors (Lipinski definition) is 8. The third-order valence-corrected chi connectivity index (χ3v) is 7.95. The van der Waals surface area contributed by atoms with Gasteiger partial charge < -0.3 is 14.8 Å². The molecule has 0 radical (unpaired) electrons. The predicted molar refractivity (Wildman–Crippen MR) is 185 cm³/mol. The van der Waals surface area contributed by atoms with Gasteiger partial charge in [-0.25, -0.2) is 14.3 Å². The quantitative estimate of drug-likeness (QED) is 0.108. The lowest BCUT2D eigenvalue weighted by molar-refractivity contribution is -0.138. The van der Waals surface area contributed by atoms with Crippen LogP contribution in [0.5, 0.6) is 0 Å². The van der Waals surface area contributed by atoms with Gasteiger partial charge >= 0.3 is 18.2 Å². The molecule has 0 aliphatic rings. The molecule has 3 heterocycles. The molecular formula is C37H39F3N6O5. The number of rotatable bonds is 12. The van der Waals surface area contributed by atoms with E-state index in [1.807, 2.05) is 55.9 Å². The Hall–Kier alpha value is -5.53. The smallest absolute Gasteiger partial charge is 0.417 e. The summed E-state index contributed by atoms with van der Waals surface area (Å²) in [5, 5.41) is 12.5. The van der Waals surface area contributed by atoms with E-state index in [1.165, 1.54) is 22.9 Å². The standard InChI is InChI=1S/C37H39F3N6O5/c1-36(2,3)51-35(49)41-15-6-5-7-16-45-23-28(22-43-45)27-19-26-18-24(8-11-31(26)42-21-27)14-17-46-33(47)13-12-32(44-46)25-9-10-29(34(48)50-4)30(20-25)37(38,39)40/h8-13,18-23H,5-7,14-17H2,1-4H3,(H,41,49). The van der Waals surface area contributed by atoms with Gasteiger partial charge in [0.15, 0.2) is 0 Å². The molecule has 1 amide bonds. The summed E-state index contributed by atoms with van der Waals surface area (Å²) in [7, 11) is 1.01. The average Bonchev–Trinajstić information content (AvgIpc) is 3.56. The lowest BCUT2D eigenvalue weighted by atomic mass is 10.0. The second-order valence-electron chi connectivity index (χ2n) is 13.0. The number of nitrogens with zero attached hydrogens (tertiary/aromatic N) is 5. The van der Waals surface area contributed by atoms with Crippen molar-refractivity contribution in [3.05, 3.63) is 100 Å². The number of aromatic nitrogens is 5. The Morgan fingerprint density at radius 2 is 1.69 bits per heavy atom. The minimum Gasteiger partial charge on any atom is -0.465 e. The molecule has 0 saturated heterocycles. The van der Waals surface area contributed by atoms with Crippen LogP contribution in [-0.4, -0.2) is 55.9 Å². The maximum atomic E-state index is 13.8. The predicted octanol–water partition coefficient (Wildman–Crippen LogP) is 7.07. The molecule has 51 heavy (non-hydrogen) atoms. The number of fused-ring (bicyclic) bond motifs is 1. The molecule has 2 aromatic carbocycles. The highest BCUT2D eigenvalue weighted by atomic mass is 19.4. The van der Waals surface area contributed by atoms with E-state index in [-0.39, 0.29) is 17.8 Å². The Morgan fingerprint density at radius 1 is 0.882 bits per heavy atom. The van der Waals surface area contributed by atoms with Gasteiger partial charge in [-0.1, -0.05) is 12.1 Å². The number of ether oxygens (including phenoxy) is 2. The number of unbranched alkanes of at least 4 members (excludes halogenated alkanes) is 2. The Kier molecular flexibility index (Phi) is 11.2. The number of alkyl carbamates (subject to hydrolysis) is 1. The molecule has 0 spiro atoms. The molecule has 0 aliphatic carbocycles. The maximum absolute atomic E-state index is 13.8. The molecule has 0 bridgehead atoms. The summed E-state index contributed by atoms with van der Waals surface area (Å²) in [6.07, 6.45) is 3.41. The van der Waals surface area contributed by atoms with Crippen molar-refractivity contribution in [2.75, 3.05) is 13.7 Å². The number of alkyl halides is 3. The number of carbonyl (C=O) groups excluding carboxylic acids is 2. The number of aryl methyl sites for hydroxylation is 3. The molecule has 268 valence electrons. The van der Waals surface area contributed by atoms with Crippen molar-refractivity contribution in [3.8, 4) is 22.4 Å². The van der Waals surface area contributed by atoms with Crippen LogP contribution >= 0.6 is 0 Å². The van der Waals surface area contributed by atoms with E-state index in [9.17, 15) is 27.6 Å². The Bertz CT molecular complexity index is 2080. The fourth-order valence-corrected chi connectivity index (χ4v) is 5.43. The molecule has 0 fully saturated rings. The van der Waals surface area contributed by atoms with Crippen LogP contribution in [0.25, 0.3) is 33.3 Å². The second-order valence-corrected chi connectivity index (χ2v) is 13.0. The summed E-state index contributed by atoms with van der Waals surface area (Å²) < 4.78 is 54.1. The molecule has 14 heteroatoms. The van der Waals surface area contributed by atoms with Gasteiger partial charge in [-0.3, -0.25) is 14.5 Å². The number of benzene rings is 2. The van der Waals surface area contributed by atoms with Crippen LogP contribution in [-0.2, 0) is 35.2 Å². The van der Waals surface area contributed by atoms with E-state index in [0.717, 1.165) is 72.6 Å². The van der Waals surface area contributed by atoms with Gasteiger partial charge in [-0.15, -0.1) is 0 Å². The van der Waals surface area contributed by atoms with Crippen LogP contribution in [0.1, 0.15) is 61.5 Å². The lowest BCUT2D eigenvalue weighted by Gasteiger charge is -2.19. The van der Waals surface area contributed by atoms with Crippen molar-refractivity contribution in [1.29, 1.82) is 0 Å². The molecule has 5 rings (SSSR count). The van der Waals surface area contributed by atoms with E-state index in [4.69, 9.17) is 4.74 Å². The molecule has 1 N–H and O–H groups in total. The summed E-state index contributed by atoms with van der Waals surface area (Å²) in [6.45, 7) is 6.94. The number of esters is 1. The molecule has 3 aromatic heterocycles. The van der Waals surface area contributed by atoms with Crippen LogP contribution in [0.15, 0.2) is 78.0 Å². The van der Waals surface area contributed by atoms with E-state index in [0.29, 0.717) is 13.0 Å². The molecule has 5 aromatic rings. The Balaban J connectivity index is 1.21. The van der Waals surface area contributed by atoms with Crippen molar-refractivity contribution in [1.82, 2.24) is 29.9 Å². The van der Waals surface area contributed by atoms with E-state index < -0.39 is 40.5 Å². The van der Waals surface area contributed by atoms with E-state index in [2.05, 4.69) is 25.2 Å². The molecular weight excluding hydrogens is 665 g/mol. The topological polar surface area (TPSA) is 130 Å². The summed E-state index contributed by atoms with van der Waals surface area (Å²) in [5.41, 5.74) is 1.10. The second kappa shape index (κ2) is 15.6. The molecule has 0 unspecified atom stereocenters. The zero-order chi connectivity index (χ0) is 36.8. The van der Waals surface area contributed by atoms with E-state index >= 15 is 0 Å². The highest BCUT2D eigenvalue weighted by Gasteiger charge is 2.36. The minimum absolute atomic E-state index is 0.101. The maximum Gasteiger partial charge on any atom is 0.417 e. The average molecular weight is 705 g/mol. The van der Waals surface area contributed by atoms with Crippen LogP contribution in [0.4, 0.5) is 18.0 Å². The zero-order valence-electron chi connectivity index (χ0n) is 28.8. The number of carbonyl (C=O) groups is 2. The molecule has 0 aliphatic heterocycles. The highest BCUT2D eigenvalue weighted by Crippen LogP contribution is 2.35. The number of methoxy groups -OCH3 is 1. The molecule has 0 atom stereocenters. The van der Waals surface area contributed by atoms with Gasteiger partial charge in [0.25, 0.3) is 5.56 Å². The Morgan fingerprint density at radius 3 is 2.43 bits per heavy atom. The number of pyridine rings is 1. The highest BCUT2D eigenvalue weighted by molar-refractivity contribution is 5.92. The van der Waals surface area contributed by atoms with Crippen molar-refractivity contribution in [2.45, 2.75) is 71.3 Å². The number of hydrogen-bond donors (Lipinski definition) is 1. The molecule has 0 saturated carbocycles. The van der Waals surface area contributed by atoms with Crippen molar-refractivity contribution < 1.29 is 32.2 Å². The third-order valence-electron chi connectivity index (χ3n) is 7.95. The monoisotopic (exact) mass is 704 g/mol. The summed E-state index contributed by atoms with van der Waals surface area (Å²) >= 11 is 0. The number of amides is 1. The SMILES string of the molecule is COC(=O)c1ccc(-c2ccc(=O)n(CCc3ccc4ncc(-c5cnn(CCCCCNC(=O)OC(C)(C)C)c5)cc4c3)n2)cc1C(F)(F)F. The van der Waals surface area contributed by atoms with Crippen LogP contribution < -0.4 is 10.9 Å². The Labute approximate surface area is 292 Å². The van der Waals surface area contributed by atoms with Gasteiger partial charge in [0, 0.05) is 60.2 Å². The summed E-state index contributed by atoms with van der Waals surface area (Å²) in [4.78, 5) is 40.9. The zero-order valence-corrected chi connectivity index (χ0v) is 28.8. The van der Waals surface area contributed by atoms with E-state index in [1.54, 1.807) is 12.4 Å². The fourth-order valence-electron chi connectivity index (χ4n) is 5.43. The van der Waals surface area contributed by atoms with Gasteiger partial charge in [-0.05, 0) is 88.4 Å². The van der Waals surface area contributed by atoms with Crippen molar-refractivity contribution in [3.63, 3.8) is 0 Å². The largest absolute Gasteiger partial charge is 0.465 e. The van der Waals surface area contributed by atoms with Gasteiger partial charge in [0.05, 0.1) is 35.6 Å². The van der Waals surface area contributed by atoms with Crippen molar-refractivity contribution >= 4 is 23.0 Å². The first-order valence-electron chi connectivity index (χ1n) is 16.5. The van der Waals surface area contributed by atoms with Crippen LogP contribution in [0, 0.1) is 0 Å². The fraction of sp³-hybridized carbons (Fsp3) is 0.351. The first-order valence-corrected chi connectivity index (χ1v) is 16.5. The van der Waals surface area contributed by atoms with Crippen LogP contribution in [0.3, 0.4) is 0 Å². The lowest BCUT2D eigenvalue weighted by Crippen LogP contribution is -2.33. The first-order chi connectivity index (χ1) is 24.2. The third kappa shape index (κ3) is 9.80. The minimum atomic E-state index is -4.80. The molecule has 11 nitrogen and oxygen atoms in total. The van der Waals surface area contributed by atoms with Crippen LogP contribution in [0.2, 0.25) is 0 Å². The van der Waals surface area contributed by atoms with Gasteiger partial charge in [0.1, 0.15) is 5.60 Å². The number of nitrogens with one attached hydrogen (secondary N) is 1. The van der Waals surface area contributed by atoms with Gasteiger partial charge in [-0.2, -0.15) is 23.4 Å². The summed E-state index contributed by atoms with van der Waals surface area (Å²) in [5.74, 6) is -1.10. The number of halogens is 3. The normalized spacial score (nSPS) is 11.8. The summed E-state index contributed by atoms with van der Waals surface area (Å²) in [6, 6.07) is 13.6.